The Kier molecular flexibility index (Phi) is 11.8. The van der Waals surface area contributed by atoms with E-state index in [2.05, 4.69) is 53.6 Å². The fourth-order valence-electron chi connectivity index (χ4n) is 8.23. The van der Waals surface area contributed by atoms with Gasteiger partial charge in [0.1, 0.15) is 12.1 Å². The lowest BCUT2D eigenvalue weighted by molar-refractivity contribution is -0.142. The van der Waals surface area contributed by atoms with Gasteiger partial charge in [-0.3, -0.25) is 24.1 Å². The summed E-state index contributed by atoms with van der Waals surface area (Å²) in [5.74, 6) is -0.647. The lowest BCUT2D eigenvalue weighted by Crippen LogP contribution is -2.60. The van der Waals surface area contributed by atoms with Crippen molar-refractivity contribution in [3.8, 4) is 11.1 Å². The van der Waals surface area contributed by atoms with Gasteiger partial charge in [0, 0.05) is 25.2 Å². The number of fused-ring (bicyclic) bond motifs is 3. The number of likely N-dealkylation sites (tertiary alicyclic amines) is 2. The van der Waals surface area contributed by atoms with E-state index in [4.69, 9.17) is 0 Å². The molecule has 2 saturated heterocycles. The maximum absolute atomic E-state index is 14.3. The van der Waals surface area contributed by atoms with E-state index in [0.717, 1.165) is 54.5 Å². The molecule has 2 aliphatic heterocycles. The zero-order valence-electron chi connectivity index (χ0n) is 32.2. The van der Waals surface area contributed by atoms with Gasteiger partial charge in [-0.05, 0) is 86.6 Å². The van der Waals surface area contributed by atoms with Crippen LogP contribution in [0.3, 0.4) is 0 Å². The predicted octanol–water partition coefficient (Wildman–Crippen LogP) is 6.09. The van der Waals surface area contributed by atoms with Crippen LogP contribution in [-0.2, 0) is 19.2 Å². The van der Waals surface area contributed by atoms with E-state index in [1.165, 1.54) is 0 Å². The van der Waals surface area contributed by atoms with Crippen LogP contribution in [-0.4, -0.2) is 88.7 Å². The number of carbonyl (C=O) groups excluding carboxylic acids is 4. The van der Waals surface area contributed by atoms with Crippen molar-refractivity contribution in [3.63, 3.8) is 0 Å². The molecule has 2 N–H and O–H groups in total. The monoisotopic (exact) mass is 697 g/mol. The first-order valence-corrected chi connectivity index (χ1v) is 18.9. The highest BCUT2D eigenvalue weighted by atomic mass is 16.2. The van der Waals surface area contributed by atoms with Crippen molar-refractivity contribution >= 4 is 23.6 Å². The maximum Gasteiger partial charge on any atom is 0.249 e. The average molecular weight is 698 g/mol. The lowest BCUT2D eigenvalue weighted by atomic mass is 9.84. The molecule has 2 aromatic rings. The Balaban J connectivity index is 1.31. The first-order chi connectivity index (χ1) is 24.1. The van der Waals surface area contributed by atoms with Crippen LogP contribution in [0.15, 0.2) is 60.2 Å². The topological polar surface area (TPSA) is 102 Å². The average Bonchev–Trinajstić information content (AvgIpc) is 3.71. The van der Waals surface area contributed by atoms with Crippen LogP contribution >= 0.6 is 0 Å². The highest BCUT2D eigenvalue weighted by Crippen LogP contribution is 2.43. The van der Waals surface area contributed by atoms with Crippen molar-refractivity contribution < 1.29 is 19.2 Å². The van der Waals surface area contributed by atoms with Gasteiger partial charge < -0.3 is 20.4 Å². The normalized spacial score (nSPS) is 20.9. The third kappa shape index (κ3) is 8.09. The van der Waals surface area contributed by atoms with E-state index < -0.39 is 23.5 Å². The van der Waals surface area contributed by atoms with Gasteiger partial charge in [0.05, 0.1) is 18.1 Å². The highest BCUT2D eigenvalue weighted by Gasteiger charge is 2.41. The summed E-state index contributed by atoms with van der Waals surface area (Å²) in [6.45, 7) is 17.3. The molecule has 4 atom stereocenters. The van der Waals surface area contributed by atoms with Gasteiger partial charge in [-0.25, -0.2) is 0 Å². The summed E-state index contributed by atoms with van der Waals surface area (Å²) in [6, 6.07) is 14.3. The molecule has 0 spiro atoms. The molecule has 9 heteroatoms. The Morgan fingerprint density at radius 1 is 0.824 bits per heavy atom. The van der Waals surface area contributed by atoms with Gasteiger partial charge >= 0.3 is 0 Å². The van der Waals surface area contributed by atoms with Crippen molar-refractivity contribution in [3.05, 3.63) is 71.3 Å². The molecule has 2 aromatic carbocycles. The predicted molar refractivity (Wildman–Crippen MR) is 203 cm³/mol. The standard InChI is InChI=1S/C42H59N5O4/c1-26(2)35(45(9)41(51)37(42(6,7)8)44-39(49)33-21-14-15-23-46(33)27(3)4)25-28(5)40(50)47-24-16-22-34(47)38(48)43-36-31-19-12-10-17-29(31)30-18-11-13-20-32(30)36/h10-13,17-20,25-27,33-37H,14-16,21-24H2,1-9H3,(H,43,48)(H,44,49)/t33-,34+,35-,37-/m1/s1. The SMILES string of the molecule is CC(=C[C@H](C(C)C)N(C)C(=O)[C@@H](NC(=O)[C@H]1CCCCN1C(C)C)C(C)(C)C)C(=O)N1CCC[C@H]1C(=O)NC1c2ccccc2-c2ccccc21. The van der Waals surface area contributed by atoms with Gasteiger partial charge in [-0.1, -0.05) is 95.6 Å². The van der Waals surface area contributed by atoms with Crippen LogP contribution in [0.4, 0.5) is 0 Å². The summed E-state index contributed by atoms with van der Waals surface area (Å²) in [4.78, 5) is 61.6. The Morgan fingerprint density at radius 2 is 1.41 bits per heavy atom. The Hall–Kier alpha value is -3.98. The number of rotatable bonds is 10. The molecular formula is C42H59N5O4. The van der Waals surface area contributed by atoms with Crippen LogP contribution in [0, 0.1) is 11.3 Å². The lowest BCUT2D eigenvalue weighted by Gasteiger charge is -2.41. The molecular weight excluding hydrogens is 638 g/mol. The van der Waals surface area contributed by atoms with Crippen LogP contribution in [0.5, 0.6) is 0 Å². The minimum atomic E-state index is -0.742. The van der Waals surface area contributed by atoms with E-state index in [0.29, 0.717) is 18.5 Å². The van der Waals surface area contributed by atoms with Crippen molar-refractivity contribution in [2.45, 2.75) is 124 Å². The second kappa shape index (κ2) is 15.7. The molecule has 0 saturated carbocycles. The molecule has 2 heterocycles. The number of likely N-dealkylation sites (N-methyl/N-ethyl adjacent to an activating group) is 1. The highest BCUT2D eigenvalue weighted by molar-refractivity contribution is 5.98. The van der Waals surface area contributed by atoms with Crippen LogP contribution in [0.1, 0.15) is 105 Å². The van der Waals surface area contributed by atoms with E-state index in [9.17, 15) is 19.2 Å². The fourth-order valence-corrected chi connectivity index (χ4v) is 8.23. The molecule has 4 amide bonds. The third-order valence-corrected chi connectivity index (χ3v) is 11.1. The Labute approximate surface area is 305 Å². The molecule has 0 unspecified atom stereocenters. The van der Waals surface area contributed by atoms with Gasteiger partial charge in [0.2, 0.25) is 23.6 Å². The van der Waals surface area contributed by atoms with Crippen LogP contribution in [0.25, 0.3) is 11.1 Å². The summed E-state index contributed by atoms with van der Waals surface area (Å²) < 4.78 is 0. The second-order valence-corrected chi connectivity index (χ2v) is 16.5. The first kappa shape index (κ1) is 38.3. The van der Waals surface area contributed by atoms with Crippen molar-refractivity contribution in [2.24, 2.45) is 11.3 Å². The number of hydrogen-bond donors (Lipinski definition) is 2. The zero-order chi connectivity index (χ0) is 37.2. The van der Waals surface area contributed by atoms with E-state index in [1.807, 2.05) is 65.0 Å². The molecule has 9 nitrogen and oxygen atoms in total. The van der Waals surface area contributed by atoms with Crippen molar-refractivity contribution in [1.29, 1.82) is 0 Å². The molecule has 276 valence electrons. The molecule has 51 heavy (non-hydrogen) atoms. The number of nitrogens with one attached hydrogen (secondary N) is 2. The minimum absolute atomic E-state index is 0.00651. The fraction of sp³-hybridized carbons (Fsp3) is 0.571. The number of benzene rings is 2. The summed E-state index contributed by atoms with van der Waals surface area (Å²) in [6.07, 6.45) is 6.04. The van der Waals surface area contributed by atoms with Gasteiger partial charge in [-0.15, -0.1) is 0 Å². The quantitative estimate of drug-likeness (QED) is 0.293. The summed E-state index contributed by atoms with van der Waals surface area (Å²) in [5.41, 5.74) is 4.32. The number of hydrogen-bond acceptors (Lipinski definition) is 5. The van der Waals surface area contributed by atoms with E-state index in [-0.39, 0.29) is 47.7 Å². The second-order valence-electron chi connectivity index (χ2n) is 16.5. The minimum Gasteiger partial charge on any atom is -0.343 e. The van der Waals surface area contributed by atoms with Crippen molar-refractivity contribution in [1.82, 2.24) is 25.3 Å². The molecule has 0 aromatic heterocycles. The van der Waals surface area contributed by atoms with E-state index >= 15 is 0 Å². The zero-order valence-corrected chi connectivity index (χ0v) is 32.2. The number of piperidine rings is 1. The van der Waals surface area contributed by atoms with Gasteiger partial charge in [0.15, 0.2) is 0 Å². The third-order valence-electron chi connectivity index (χ3n) is 11.1. The summed E-state index contributed by atoms with van der Waals surface area (Å²) in [7, 11) is 1.76. The van der Waals surface area contributed by atoms with Gasteiger partial charge in [0.25, 0.3) is 0 Å². The number of carbonyl (C=O) groups is 4. The maximum atomic E-state index is 14.3. The molecule has 5 rings (SSSR count). The van der Waals surface area contributed by atoms with E-state index in [1.54, 1.807) is 23.8 Å². The summed E-state index contributed by atoms with van der Waals surface area (Å²) >= 11 is 0. The summed E-state index contributed by atoms with van der Waals surface area (Å²) in [5, 5.41) is 6.44. The smallest absolute Gasteiger partial charge is 0.249 e. The molecule has 0 radical (unpaired) electrons. The molecule has 1 aliphatic carbocycles. The van der Waals surface area contributed by atoms with Crippen molar-refractivity contribution in [2.75, 3.05) is 20.1 Å². The first-order valence-electron chi connectivity index (χ1n) is 18.9. The van der Waals surface area contributed by atoms with Gasteiger partial charge in [-0.2, -0.15) is 0 Å². The molecule has 0 bridgehead atoms. The van der Waals surface area contributed by atoms with Crippen LogP contribution < -0.4 is 10.6 Å². The van der Waals surface area contributed by atoms with Crippen LogP contribution in [0.2, 0.25) is 0 Å². The Bertz CT molecular complexity index is 1600. The molecule has 3 aliphatic rings. The number of nitrogens with zero attached hydrogens (tertiary/aromatic N) is 3. The molecule has 2 fully saturated rings. The Morgan fingerprint density at radius 3 is 1.98 bits per heavy atom. The largest absolute Gasteiger partial charge is 0.343 e. The number of amides is 4.